The maximum Gasteiger partial charge on any atom is 0.239 e. The fraction of sp³-hybridized carbons (Fsp3) is 0.933. The van der Waals surface area contributed by atoms with Gasteiger partial charge in [0.1, 0.15) is 0 Å². The molecule has 0 aromatic rings. The molecule has 4 heteroatoms. The molecule has 4 nitrogen and oxygen atoms in total. The predicted molar refractivity (Wildman–Crippen MR) is 78.2 cm³/mol. The van der Waals surface area contributed by atoms with Crippen LogP contribution in [0.5, 0.6) is 0 Å². The van der Waals surface area contributed by atoms with E-state index in [1.807, 2.05) is 11.8 Å². The maximum absolute atomic E-state index is 12.1. The van der Waals surface area contributed by atoms with Crippen molar-refractivity contribution < 1.29 is 9.53 Å². The molecule has 1 unspecified atom stereocenters. The van der Waals surface area contributed by atoms with Gasteiger partial charge in [0.25, 0.3) is 0 Å². The minimum atomic E-state index is -0.0665. The highest BCUT2D eigenvalue weighted by Gasteiger charge is 2.21. The molecule has 1 fully saturated rings. The number of nitrogens with zero attached hydrogens (tertiary/aromatic N) is 1. The molecule has 1 rings (SSSR count). The number of nitrogens with one attached hydrogen (secondary N) is 1. The van der Waals surface area contributed by atoms with Crippen LogP contribution < -0.4 is 5.32 Å². The molecule has 1 heterocycles. The second-order valence-corrected chi connectivity index (χ2v) is 5.88. The predicted octanol–water partition coefficient (Wildman–Crippen LogP) is 2.04. The summed E-state index contributed by atoms with van der Waals surface area (Å²) >= 11 is 0. The van der Waals surface area contributed by atoms with Crippen molar-refractivity contribution in [2.75, 3.05) is 32.8 Å². The van der Waals surface area contributed by atoms with Gasteiger partial charge in [-0.25, -0.2) is 0 Å². The Labute approximate surface area is 117 Å². The number of carbonyl (C=O) groups excluding carboxylic acids is 1. The number of hydrogen-bond acceptors (Lipinski definition) is 3. The average molecular weight is 270 g/mol. The summed E-state index contributed by atoms with van der Waals surface area (Å²) in [5.74, 6) is 0.843. The normalized spacial score (nSPS) is 17.8. The van der Waals surface area contributed by atoms with Crippen molar-refractivity contribution in [1.29, 1.82) is 0 Å². The van der Waals surface area contributed by atoms with Gasteiger partial charge >= 0.3 is 0 Å². The molecule has 0 aromatic heterocycles. The largest absolute Gasteiger partial charge is 0.381 e. The Bertz CT molecular complexity index is 251. The molecule has 112 valence electrons. The lowest BCUT2D eigenvalue weighted by Gasteiger charge is -2.29. The van der Waals surface area contributed by atoms with Crippen molar-refractivity contribution in [2.24, 2.45) is 5.92 Å². The molecule has 0 saturated carbocycles. The monoisotopic (exact) mass is 270 g/mol. The lowest BCUT2D eigenvalue weighted by atomic mass is 10.1. The summed E-state index contributed by atoms with van der Waals surface area (Å²) in [5.41, 5.74) is 0. The SMILES string of the molecule is CC(C)COCCCNC(C)C(=O)N1CCCCC1. The zero-order valence-electron chi connectivity index (χ0n) is 12.8. The fourth-order valence-electron chi connectivity index (χ4n) is 2.29. The first-order chi connectivity index (χ1) is 9.11. The molecular weight excluding hydrogens is 240 g/mol. The second-order valence-electron chi connectivity index (χ2n) is 5.88. The van der Waals surface area contributed by atoms with Crippen LogP contribution in [-0.2, 0) is 9.53 Å². The minimum absolute atomic E-state index is 0.0665. The highest BCUT2D eigenvalue weighted by Crippen LogP contribution is 2.09. The van der Waals surface area contributed by atoms with Gasteiger partial charge in [-0.2, -0.15) is 0 Å². The number of hydrogen-bond donors (Lipinski definition) is 1. The van der Waals surface area contributed by atoms with Crippen LogP contribution in [0.2, 0.25) is 0 Å². The molecule has 1 atom stereocenters. The number of carbonyl (C=O) groups is 1. The van der Waals surface area contributed by atoms with Gasteiger partial charge < -0.3 is 15.0 Å². The summed E-state index contributed by atoms with van der Waals surface area (Å²) in [6.45, 7) is 10.6. The number of ether oxygens (including phenoxy) is 1. The van der Waals surface area contributed by atoms with Gasteiger partial charge in [0.15, 0.2) is 0 Å². The topological polar surface area (TPSA) is 41.6 Å². The van der Waals surface area contributed by atoms with E-state index in [4.69, 9.17) is 4.74 Å². The minimum Gasteiger partial charge on any atom is -0.381 e. The number of piperidine rings is 1. The van der Waals surface area contributed by atoms with E-state index in [0.29, 0.717) is 5.92 Å². The molecule has 1 aliphatic heterocycles. The number of likely N-dealkylation sites (tertiary alicyclic amines) is 1. The highest BCUT2D eigenvalue weighted by molar-refractivity contribution is 5.81. The lowest BCUT2D eigenvalue weighted by Crippen LogP contribution is -2.47. The van der Waals surface area contributed by atoms with Crippen LogP contribution in [0, 0.1) is 5.92 Å². The molecule has 19 heavy (non-hydrogen) atoms. The van der Waals surface area contributed by atoms with Gasteiger partial charge in [-0.05, 0) is 45.1 Å². The van der Waals surface area contributed by atoms with E-state index in [-0.39, 0.29) is 11.9 Å². The van der Waals surface area contributed by atoms with Crippen molar-refractivity contribution in [3.05, 3.63) is 0 Å². The van der Waals surface area contributed by atoms with E-state index in [0.717, 1.165) is 52.1 Å². The molecule has 0 spiro atoms. The molecular formula is C15H30N2O2. The Morgan fingerprint density at radius 1 is 1.21 bits per heavy atom. The molecule has 0 bridgehead atoms. The van der Waals surface area contributed by atoms with Crippen LogP contribution in [0.4, 0.5) is 0 Å². The quantitative estimate of drug-likeness (QED) is 0.686. The molecule has 1 saturated heterocycles. The van der Waals surface area contributed by atoms with Gasteiger partial charge in [0, 0.05) is 26.3 Å². The first kappa shape index (κ1) is 16.4. The molecule has 0 radical (unpaired) electrons. The first-order valence-corrected chi connectivity index (χ1v) is 7.71. The van der Waals surface area contributed by atoms with E-state index in [1.165, 1.54) is 6.42 Å². The molecule has 1 amide bonds. The first-order valence-electron chi connectivity index (χ1n) is 7.71. The number of amides is 1. The van der Waals surface area contributed by atoms with E-state index < -0.39 is 0 Å². The Balaban J connectivity index is 2.06. The van der Waals surface area contributed by atoms with Crippen molar-refractivity contribution in [1.82, 2.24) is 10.2 Å². The average Bonchev–Trinajstić information content (AvgIpc) is 2.42. The van der Waals surface area contributed by atoms with Crippen molar-refractivity contribution in [3.63, 3.8) is 0 Å². The van der Waals surface area contributed by atoms with Crippen molar-refractivity contribution in [2.45, 2.75) is 52.5 Å². The Kier molecular flexibility index (Phi) is 8.07. The van der Waals surface area contributed by atoms with Crippen LogP contribution in [-0.4, -0.2) is 49.7 Å². The summed E-state index contributed by atoms with van der Waals surface area (Å²) in [4.78, 5) is 14.1. The van der Waals surface area contributed by atoms with Gasteiger partial charge in [-0.15, -0.1) is 0 Å². The van der Waals surface area contributed by atoms with E-state index in [2.05, 4.69) is 19.2 Å². The summed E-state index contributed by atoms with van der Waals surface area (Å²) in [7, 11) is 0. The van der Waals surface area contributed by atoms with Crippen LogP contribution in [0.15, 0.2) is 0 Å². The molecule has 0 aliphatic carbocycles. The fourth-order valence-corrected chi connectivity index (χ4v) is 2.29. The number of rotatable bonds is 8. The van der Waals surface area contributed by atoms with E-state index >= 15 is 0 Å². The summed E-state index contributed by atoms with van der Waals surface area (Å²) < 4.78 is 5.52. The van der Waals surface area contributed by atoms with Crippen LogP contribution in [0.3, 0.4) is 0 Å². The zero-order valence-corrected chi connectivity index (χ0v) is 12.8. The van der Waals surface area contributed by atoms with Crippen LogP contribution in [0.1, 0.15) is 46.5 Å². The summed E-state index contributed by atoms with van der Waals surface area (Å²) in [6.07, 6.45) is 4.53. The third-order valence-corrected chi connectivity index (χ3v) is 3.41. The molecule has 1 aliphatic rings. The van der Waals surface area contributed by atoms with Crippen molar-refractivity contribution >= 4 is 5.91 Å². The highest BCUT2D eigenvalue weighted by atomic mass is 16.5. The molecule has 1 N–H and O–H groups in total. The van der Waals surface area contributed by atoms with E-state index in [1.54, 1.807) is 0 Å². The third-order valence-electron chi connectivity index (χ3n) is 3.41. The lowest BCUT2D eigenvalue weighted by molar-refractivity contribution is -0.133. The van der Waals surface area contributed by atoms with Gasteiger partial charge in [0.05, 0.1) is 6.04 Å². The van der Waals surface area contributed by atoms with Crippen LogP contribution >= 0.6 is 0 Å². The zero-order chi connectivity index (χ0) is 14.1. The van der Waals surface area contributed by atoms with Gasteiger partial charge in [-0.1, -0.05) is 13.8 Å². The second kappa shape index (κ2) is 9.32. The standard InChI is InChI=1S/C15H30N2O2/c1-13(2)12-19-11-7-8-16-14(3)15(18)17-9-5-4-6-10-17/h13-14,16H,4-12H2,1-3H3. The summed E-state index contributed by atoms with van der Waals surface area (Å²) in [5, 5.41) is 3.30. The van der Waals surface area contributed by atoms with Crippen molar-refractivity contribution in [3.8, 4) is 0 Å². The maximum atomic E-state index is 12.1. The molecule has 0 aromatic carbocycles. The Hall–Kier alpha value is -0.610. The summed E-state index contributed by atoms with van der Waals surface area (Å²) in [6, 6.07) is -0.0665. The van der Waals surface area contributed by atoms with E-state index in [9.17, 15) is 4.79 Å². The van der Waals surface area contributed by atoms with Crippen LogP contribution in [0.25, 0.3) is 0 Å². The Morgan fingerprint density at radius 2 is 1.89 bits per heavy atom. The third kappa shape index (κ3) is 6.92. The smallest absolute Gasteiger partial charge is 0.239 e. The Morgan fingerprint density at radius 3 is 2.53 bits per heavy atom. The van der Waals surface area contributed by atoms with Gasteiger partial charge in [-0.3, -0.25) is 4.79 Å². The van der Waals surface area contributed by atoms with Gasteiger partial charge in [0.2, 0.25) is 5.91 Å².